The second-order valence-electron chi connectivity index (χ2n) is 4.47. The summed E-state index contributed by atoms with van der Waals surface area (Å²) in [5.41, 5.74) is 9.25. The minimum atomic E-state index is -0.612. The first-order valence-electron chi connectivity index (χ1n) is 5.92. The molecule has 0 aliphatic rings. The van der Waals surface area contributed by atoms with Crippen molar-refractivity contribution in [3.05, 3.63) is 35.5 Å². The highest BCUT2D eigenvalue weighted by Gasteiger charge is 2.19. The van der Waals surface area contributed by atoms with Crippen molar-refractivity contribution in [2.45, 2.75) is 19.4 Å². The molecule has 1 atom stereocenters. The molecule has 0 aliphatic heterocycles. The molecule has 0 spiro atoms. The predicted molar refractivity (Wildman–Crippen MR) is 71.4 cm³/mol. The summed E-state index contributed by atoms with van der Waals surface area (Å²) >= 11 is 0. The number of ether oxygens (including phenoxy) is 1. The molecule has 0 saturated carbocycles. The van der Waals surface area contributed by atoms with Crippen molar-refractivity contribution in [1.29, 1.82) is 0 Å². The van der Waals surface area contributed by atoms with Crippen molar-refractivity contribution >= 4 is 16.9 Å². The zero-order valence-corrected chi connectivity index (χ0v) is 10.9. The van der Waals surface area contributed by atoms with Crippen LogP contribution in [0.4, 0.5) is 0 Å². The summed E-state index contributed by atoms with van der Waals surface area (Å²) in [6.45, 7) is 2.04. The Balaban J connectivity index is 2.45. The summed E-state index contributed by atoms with van der Waals surface area (Å²) in [7, 11) is 3.38. The average Bonchev–Trinajstić information content (AvgIpc) is 2.63. The van der Waals surface area contributed by atoms with Crippen molar-refractivity contribution in [2.75, 3.05) is 7.11 Å². The highest BCUT2D eigenvalue weighted by molar-refractivity contribution is 5.86. The largest absolute Gasteiger partial charge is 0.468 e. The number of carbonyl (C=O) groups is 1. The van der Waals surface area contributed by atoms with Crippen LogP contribution in [0.15, 0.2) is 24.3 Å². The Morgan fingerprint density at radius 3 is 2.78 bits per heavy atom. The maximum atomic E-state index is 11.4. The van der Waals surface area contributed by atoms with Gasteiger partial charge in [0, 0.05) is 30.1 Å². The van der Waals surface area contributed by atoms with Crippen LogP contribution in [-0.2, 0) is 23.0 Å². The molecule has 1 unspecified atom stereocenters. The number of nitrogens with two attached hydrogens (primary N) is 1. The van der Waals surface area contributed by atoms with Crippen molar-refractivity contribution in [2.24, 2.45) is 12.8 Å². The van der Waals surface area contributed by atoms with Crippen LogP contribution in [0, 0.1) is 6.92 Å². The highest BCUT2D eigenvalue weighted by Crippen LogP contribution is 2.25. The molecule has 2 rings (SSSR count). The minimum absolute atomic E-state index is 0.373. The lowest BCUT2D eigenvalue weighted by Gasteiger charge is -2.09. The van der Waals surface area contributed by atoms with Crippen molar-refractivity contribution in [3.63, 3.8) is 0 Å². The molecule has 1 aromatic carbocycles. The van der Waals surface area contributed by atoms with Crippen LogP contribution in [0.3, 0.4) is 0 Å². The molecule has 1 heterocycles. The topological polar surface area (TPSA) is 57.2 Å². The average molecular weight is 246 g/mol. The van der Waals surface area contributed by atoms with Crippen LogP contribution in [0.5, 0.6) is 0 Å². The molecule has 0 bridgehead atoms. The summed E-state index contributed by atoms with van der Waals surface area (Å²) in [6.07, 6.45) is 0.500. The van der Waals surface area contributed by atoms with Gasteiger partial charge in [-0.1, -0.05) is 18.2 Å². The van der Waals surface area contributed by atoms with Gasteiger partial charge in [-0.05, 0) is 18.6 Å². The molecule has 0 radical (unpaired) electrons. The molecule has 2 aromatic rings. The lowest BCUT2D eigenvalue weighted by atomic mass is 10.0. The molecule has 96 valence electrons. The molecule has 18 heavy (non-hydrogen) atoms. The number of hydrogen-bond donors (Lipinski definition) is 1. The number of esters is 1. The molecule has 1 aromatic heterocycles. The van der Waals surface area contributed by atoms with E-state index in [9.17, 15) is 4.79 Å². The van der Waals surface area contributed by atoms with Gasteiger partial charge in [0.2, 0.25) is 0 Å². The van der Waals surface area contributed by atoms with Gasteiger partial charge >= 0.3 is 5.97 Å². The molecule has 4 nitrogen and oxygen atoms in total. The van der Waals surface area contributed by atoms with Gasteiger partial charge in [-0.2, -0.15) is 0 Å². The molecular formula is C14H18N2O2. The molecule has 0 aliphatic carbocycles. The lowest BCUT2D eigenvalue weighted by molar-refractivity contribution is -0.142. The number of para-hydroxylation sites is 1. The van der Waals surface area contributed by atoms with Crippen LogP contribution in [0.2, 0.25) is 0 Å². The van der Waals surface area contributed by atoms with E-state index in [0.29, 0.717) is 6.42 Å². The van der Waals surface area contributed by atoms with E-state index in [-0.39, 0.29) is 5.97 Å². The number of carbonyl (C=O) groups excluding carboxylic acids is 1. The van der Waals surface area contributed by atoms with E-state index in [1.807, 2.05) is 26.1 Å². The zero-order chi connectivity index (χ0) is 13.3. The van der Waals surface area contributed by atoms with Crippen molar-refractivity contribution in [1.82, 2.24) is 4.57 Å². The van der Waals surface area contributed by atoms with Crippen LogP contribution in [0.25, 0.3) is 10.9 Å². The summed E-state index contributed by atoms with van der Waals surface area (Å²) < 4.78 is 6.79. The zero-order valence-electron chi connectivity index (χ0n) is 10.9. The molecule has 0 saturated heterocycles. The normalized spacial score (nSPS) is 12.7. The molecule has 0 fully saturated rings. The standard InChI is InChI=1S/C14H18N2O2/c1-9-11(8-12(15)14(17)18-3)10-6-4-5-7-13(10)16(9)2/h4-7,12H,8,15H2,1-3H3. The third-order valence-electron chi connectivity index (χ3n) is 3.46. The Labute approximate surface area is 106 Å². The molecular weight excluding hydrogens is 228 g/mol. The number of nitrogens with zero attached hydrogens (tertiary/aromatic N) is 1. The third kappa shape index (κ3) is 1.99. The lowest BCUT2D eigenvalue weighted by Crippen LogP contribution is -2.33. The van der Waals surface area contributed by atoms with Crippen LogP contribution in [0.1, 0.15) is 11.3 Å². The number of benzene rings is 1. The first-order chi connectivity index (χ1) is 8.56. The Hall–Kier alpha value is -1.81. The fourth-order valence-corrected chi connectivity index (χ4v) is 2.31. The number of aryl methyl sites for hydroxylation is 1. The smallest absolute Gasteiger partial charge is 0.322 e. The van der Waals surface area contributed by atoms with Crippen LogP contribution < -0.4 is 5.73 Å². The summed E-state index contributed by atoms with van der Waals surface area (Å²) in [5.74, 6) is -0.373. The fourth-order valence-electron chi connectivity index (χ4n) is 2.31. The summed E-state index contributed by atoms with van der Waals surface area (Å²) in [5, 5.41) is 1.15. The van der Waals surface area contributed by atoms with E-state index in [1.54, 1.807) is 0 Å². The Morgan fingerprint density at radius 1 is 1.44 bits per heavy atom. The maximum absolute atomic E-state index is 11.4. The molecule has 2 N–H and O–H groups in total. The summed E-state index contributed by atoms with van der Waals surface area (Å²) in [4.78, 5) is 11.4. The Morgan fingerprint density at radius 2 is 2.11 bits per heavy atom. The van der Waals surface area contributed by atoms with Gasteiger partial charge in [-0.3, -0.25) is 4.79 Å². The van der Waals surface area contributed by atoms with Gasteiger partial charge in [0.25, 0.3) is 0 Å². The second kappa shape index (κ2) is 4.82. The minimum Gasteiger partial charge on any atom is -0.468 e. The van der Waals surface area contributed by atoms with E-state index < -0.39 is 6.04 Å². The second-order valence-corrected chi connectivity index (χ2v) is 4.47. The number of fused-ring (bicyclic) bond motifs is 1. The van der Waals surface area contributed by atoms with Crippen LogP contribution in [-0.4, -0.2) is 23.7 Å². The van der Waals surface area contributed by atoms with E-state index in [2.05, 4.69) is 21.4 Å². The van der Waals surface area contributed by atoms with Crippen molar-refractivity contribution < 1.29 is 9.53 Å². The van der Waals surface area contributed by atoms with Gasteiger partial charge < -0.3 is 15.0 Å². The number of hydrogen-bond acceptors (Lipinski definition) is 3. The van der Waals surface area contributed by atoms with E-state index in [4.69, 9.17) is 5.73 Å². The highest BCUT2D eigenvalue weighted by atomic mass is 16.5. The Bertz CT molecular complexity index is 587. The van der Waals surface area contributed by atoms with Crippen molar-refractivity contribution in [3.8, 4) is 0 Å². The molecule has 0 amide bonds. The first-order valence-corrected chi connectivity index (χ1v) is 5.92. The summed E-state index contributed by atoms with van der Waals surface area (Å²) in [6, 6.07) is 7.51. The predicted octanol–water partition coefficient (Wildman–Crippen LogP) is 1.53. The quantitative estimate of drug-likeness (QED) is 0.836. The SMILES string of the molecule is COC(=O)C(N)Cc1c(C)n(C)c2ccccc12. The van der Waals surface area contributed by atoms with Crippen LogP contribution >= 0.6 is 0 Å². The monoisotopic (exact) mass is 246 g/mol. The number of methoxy groups -OCH3 is 1. The van der Waals surface area contributed by atoms with Gasteiger partial charge in [0.15, 0.2) is 0 Å². The fraction of sp³-hybridized carbons (Fsp3) is 0.357. The van der Waals surface area contributed by atoms with Gasteiger partial charge in [-0.25, -0.2) is 0 Å². The first kappa shape index (κ1) is 12.6. The number of aromatic nitrogens is 1. The molecule has 4 heteroatoms. The maximum Gasteiger partial charge on any atom is 0.322 e. The van der Waals surface area contributed by atoms with E-state index in [1.165, 1.54) is 7.11 Å². The van der Waals surface area contributed by atoms with Gasteiger partial charge in [0.1, 0.15) is 6.04 Å². The Kier molecular flexibility index (Phi) is 3.39. The van der Waals surface area contributed by atoms with Gasteiger partial charge in [0.05, 0.1) is 7.11 Å². The van der Waals surface area contributed by atoms with E-state index in [0.717, 1.165) is 22.2 Å². The third-order valence-corrected chi connectivity index (χ3v) is 3.46. The van der Waals surface area contributed by atoms with Gasteiger partial charge in [-0.15, -0.1) is 0 Å². The van der Waals surface area contributed by atoms with E-state index >= 15 is 0 Å². The number of rotatable bonds is 3.